The second kappa shape index (κ2) is 9.22. The lowest BCUT2D eigenvalue weighted by molar-refractivity contribution is -0.125. The highest BCUT2D eigenvalue weighted by atomic mass is 16.1. The molecular weight excluding hydrogens is 296 g/mol. The van der Waals surface area contributed by atoms with Crippen molar-refractivity contribution in [2.45, 2.75) is 60.0 Å². The molecule has 1 fully saturated rings. The summed E-state index contributed by atoms with van der Waals surface area (Å²) in [5, 5.41) is 3.06. The van der Waals surface area contributed by atoms with Crippen LogP contribution >= 0.6 is 0 Å². The lowest BCUT2D eigenvalue weighted by Gasteiger charge is -2.35. The summed E-state index contributed by atoms with van der Waals surface area (Å²) in [5.41, 5.74) is 2.55. The monoisotopic (exact) mass is 330 g/mol. The maximum atomic E-state index is 12.1. The Morgan fingerprint density at radius 2 is 1.62 bits per heavy atom. The van der Waals surface area contributed by atoms with Crippen molar-refractivity contribution in [3.05, 3.63) is 35.4 Å². The van der Waals surface area contributed by atoms with Crippen molar-refractivity contribution in [3.8, 4) is 0 Å². The van der Waals surface area contributed by atoms with Crippen molar-refractivity contribution in [2.75, 3.05) is 13.1 Å². The molecule has 0 radical (unpaired) electrons. The fourth-order valence-electron chi connectivity index (χ4n) is 3.93. The highest BCUT2D eigenvalue weighted by Crippen LogP contribution is 2.22. The lowest BCUT2D eigenvalue weighted by atomic mass is 9.91. The van der Waals surface area contributed by atoms with Gasteiger partial charge in [0.15, 0.2) is 0 Å². The molecule has 3 heteroatoms. The number of rotatable bonds is 7. The third kappa shape index (κ3) is 5.62. The summed E-state index contributed by atoms with van der Waals surface area (Å²) in [7, 11) is 0. The van der Waals surface area contributed by atoms with Gasteiger partial charge in [0.25, 0.3) is 0 Å². The van der Waals surface area contributed by atoms with Gasteiger partial charge in [-0.2, -0.15) is 0 Å². The van der Waals surface area contributed by atoms with Gasteiger partial charge in [-0.1, -0.05) is 52.0 Å². The van der Waals surface area contributed by atoms with E-state index < -0.39 is 0 Å². The van der Waals surface area contributed by atoms with E-state index in [9.17, 15) is 4.79 Å². The number of nitrogens with zero attached hydrogens (tertiary/aromatic N) is 1. The number of nitrogens with one attached hydrogen (secondary N) is 1. The van der Waals surface area contributed by atoms with Crippen molar-refractivity contribution in [1.82, 2.24) is 10.2 Å². The molecule has 2 rings (SSSR count). The topological polar surface area (TPSA) is 32.3 Å². The molecule has 0 aliphatic carbocycles. The molecule has 1 heterocycles. The van der Waals surface area contributed by atoms with Crippen molar-refractivity contribution in [1.29, 1.82) is 0 Å². The smallest absolute Gasteiger partial charge is 0.223 e. The molecule has 0 aromatic heterocycles. The van der Waals surface area contributed by atoms with E-state index in [2.05, 4.69) is 62.2 Å². The average Bonchev–Trinajstić information content (AvgIpc) is 2.54. The van der Waals surface area contributed by atoms with E-state index in [0.29, 0.717) is 6.54 Å². The quantitative estimate of drug-likeness (QED) is 0.812. The van der Waals surface area contributed by atoms with Gasteiger partial charge in [-0.25, -0.2) is 0 Å². The van der Waals surface area contributed by atoms with Crippen LogP contribution in [0.2, 0.25) is 0 Å². The van der Waals surface area contributed by atoms with Crippen LogP contribution in [-0.2, 0) is 17.9 Å². The SMILES string of the molecule is CCC(CC)C(=O)NCc1ccc(CN2CC(C)CC(C)C2)cc1. The van der Waals surface area contributed by atoms with Crippen LogP contribution in [0.5, 0.6) is 0 Å². The minimum absolute atomic E-state index is 0.146. The molecule has 1 aliphatic rings. The normalized spacial score (nSPS) is 21.9. The Kier molecular flexibility index (Phi) is 7.29. The zero-order valence-electron chi connectivity index (χ0n) is 15.8. The molecular formula is C21H34N2O. The molecule has 0 spiro atoms. The summed E-state index contributed by atoms with van der Waals surface area (Å²) < 4.78 is 0. The van der Waals surface area contributed by atoms with Crippen LogP contribution in [0.1, 0.15) is 58.1 Å². The van der Waals surface area contributed by atoms with Crippen LogP contribution < -0.4 is 5.32 Å². The van der Waals surface area contributed by atoms with E-state index in [4.69, 9.17) is 0 Å². The predicted molar refractivity (Wildman–Crippen MR) is 101 cm³/mol. The standard InChI is InChI=1S/C21H34N2O/c1-5-20(6-2)21(24)22-12-18-7-9-19(10-8-18)15-23-13-16(3)11-17(4)14-23/h7-10,16-17,20H,5-6,11-15H2,1-4H3,(H,22,24). The molecule has 3 nitrogen and oxygen atoms in total. The largest absolute Gasteiger partial charge is 0.352 e. The molecule has 1 amide bonds. The first kappa shape index (κ1) is 19.0. The third-order valence-corrected chi connectivity index (χ3v) is 5.20. The molecule has 1 saturated heterocycles. The van der Waals surface area contributed by atoms with E-state index >= 15 is 0 Å². The number of carbonyl (C=O) groups excluding carboxylic acids is 1. The van der Waals surface area contributed by atoms with E-state index in [1.807, 2.05) is 0 Å². The maximum absolute atomic E-state index is 12.1. The second-order valence-electron chi connectivity index (χ2n) is 7.69. The van der Waals surface area contributed by atoms with Crippen LogP contribution in [0, 0.1) is 17.8 Å². The minimum atomic E-state index is 0.146. The van der Waals surface area contributed by atoms with Crippen molar-refractivity contribution in [2.24, 2.45) is 17.8 Å². The summed E-state index contributed by atoms with van der Waals surface area (Å²) in [4.78, 5) is 14.6. The third-order valence-electron chi connectivity index (χ3n) is 5.20. The molecule has 2 unspecified atom stereocenters. The van der Waals surface area contributed by atoms with Crippen LogP contribution in [0.15, 0.2) is 24.3 Å². The first-order chi connectivity index (χ1) is 11.5. The summed E-state index contributed by atoms with van der Waals surface area (Å²) in [5.74, 6) is 1.93. The highest BCUT2D eigenvalue weighted by Gasteiger charge is 2.21. The van der Waals surface area contributed by atoms with E-state index in [1.54, 1.807) is 0 Å². The van der Waals surface area contributed by atoms with Gasteiger partial charge in [0.2, 0.25) is 5.91 Å². The van der Waals surface area contributed by atoms with Gasteiger partial charge in [0.05, 0.1) is 0 Å². The van der Waals surface area contributed by atoms with Crippen molar-refractivity contribution >= 4 is 5.91 Å². The average molecular weight is 331 g/mol. The van der Waals surface area contributed by atoms with Gasteiger partial charge < -0.3 is 5.32 Å². The Labute approximate surface area is 147 Å². The van der Waals surface area contributed by atoms with Gasteiger partial charge in [-0.15, -0.1) is 0 Å². The van der Waals surface area contributed by atoms with Gasteiger partial charge >= 0.3 is 0 Å². The molecule has 0 saturated carbocycles. The van der Waals surface area contributed by atoms with Gasteiger partial charge in [0, 0.05) is 32.1 Å². The van der Waals surface area contributed by atoms with Crippen molar-refractivity contribution < 1.29 is 4.79 Å². The maximum Gasteiger partial charge on any atom is 0.223 e. The summed E-state index contributed by atoms with van der Waals surface area (Å²) in [6, 6.07) is 8.73. The minimum Gasteiger partial charge on any atom is -0.352 e. The Bertz CT molecular complexity index is 497. The number of likely N-dealkylation sites (tertiary alicyclic amines) is 1. The van der Waals surface area contributed by atoms with E-state index in [-0.39, 0.29) is 11.8 Å². The van der Waals surface area contributed by atoms with E-state index in [0.717, 1.165) is 31.2 Å². The Morgan fingerprint density at radius 1 is 1.08 bits per heavy atom. The number of benzene rings is 1. The second-order valence-corrected chi connectivity index (χ2v) is 7.69. The molecule has 1 aromatic rings. The number of hydrogen-bond donors (Lipinski definition) is 1. The summed E-state index contributed by atoms with van der Waals surface area (Å²) in [6.45, 7) is 12.9. The fraction of sp³-hybridized carbons (Fsp3) is 0.667. The fourth-order valence-corrected chi connectivity index (χ4v) is 3.93. The zero-order valence-corrected chi connectivity index (χ0v) is 15.8. The van der Waals surface area contributed by atoms with Crippen LogP contribution in [0.25, 0.3) is 0 Å². The Hall–Kier alpha value is -1.35. The number of carbonyl (C=O) groups is 1. The van der Waals surface area contributed by atoms with Gasteiger partial charge in [-0.05, 0) is 42.2 Å². The number of piperidine rings is 1. The molecule has 24 heavy (non-hydrogen) atoms. The Balaban J connectivity index is 1.83. The van der Waals surface area contributed by atoms with Crippen LogP contribution in [0.4, 0.5) is 0 Å². The van der Waals surface area contributed by atoms with Gasteiger partial charge in [0.1, 0.15) is 0 Å². The predicted octanol–water partition coefficient (Wildman–Crippen LogP) is 4.22. The van der Waals surface area contributed by atoms with Crippen LogP contribution in [0.3, 0.4) is 0 Å². The first-order valence-corrected chi connectivity index (χ1v) is 9.59. The Morgan fingerprint density at radius 3 is 2.17 bits per heavy atom. The summed E-state index contributed by atoms with van der Waals surface area (Å²) >= 11 is 0. The zero-order chi connectivity index (χ0) is 17.5. The molecule has 1 N–H and O–H groups in total. The molecule has 1 aliphatic heterocycles. The molecule has 134 valence electrons. The van der Waals surface area contributed by atoms with Gasteiger partial charge in [-0.3, -0.25) is 9.69 Å². The van der Waals surface area contributed by atoms with E-state index in [1.165, 1.54) is 30.6 Å². The summed E-state index contributed by atoms with van der Waals surface area (Å²) in [6.07, 6.45) is 3.17. The first-order valence-electron chi connectivity index (χ1n) is 9.59. The van der Waals surface area contributed by atoms with Crippen LogP contribution in [-0.4, -0.2) is 23.9 Å². The highest BCUT2D eigenvalue weighted by molar-refractivity contribution is 5.78. The number of hydrogen-bond acceptors (Lipinski definition) is 2. The molecule has 1 aromatic carbocycles. The van der Waals surface area contributed by atoms with Crippen molar-refractivity contribution in [3.63, 3.8) is 0 Å². The lowest BCUT2D eigenvalue weighted by Crippen LogP contribution is -2.38. The molecule has 2 atom stereocenters. The number of amides is 1. The molecule has 0 bridgehead atoms.